The van der Waals surface area contributed by atoms with Crippen molar-refractivity contribution in [2.45, 2.75) is 50.7 Å². The van der Waals surface area contributed by atoms with Gasteiger partial charge in [0.25, 0.3) is 6.43 Å². The zero-order valence-electron chi connectivity index (χ0n) is 12.0. The number of hydrogen-bond donors (Lipinski definition) is 1. The first-order valence-electron chi connectivity index (χ1n) is 7.48. The van der Waals surface area contributed by atoms with Gasteiger partial charge in [-0.05, 0) is 25.7 Å². The Bertz CT molecular complexity index is 555. The van der Waals surface area contributed by atoms with E-state index >= 15 is 0 Å². The third-order valence-corrected chi connectivity index (χ3v) is 4.36. The highest BCUT2D eigenvalue weighted by Gasteiger charge is 2.34. The van der Waals surface area contributed by atoms with Gasteiger partial charge < -0.3 is 10.1 Å². The number of carbonyl (C=O) groups excluding carboxylic acids is 1. The van der Waals surface area contributed by atoms with E-state index in [1.54, 1.807) is 0 Å². The van der Waals surface area contributed by atoms with Gasteiger partial charge in [-0.2, -0.15) is 5.10 Å². The number of alkyl halides is 2. The largest absolute Gasteiger partial charge is 0.376 e. The predicted molar refractivity (Wildman–Crippen MR) is 76.2 cm³/mol. The molecule has 1 unspecified atom stereocenters. The van der Waals surface area contributed by atoms with Crippen LogP contribution in [0.2, 0.25) is 5.02 Å². The van der Waals surface area contributed by atoms with Gasteiger partial charge in [-0.1, -0.05) is 11.6 Å². The van der Waals surface area contributed by atoms with Crippen LogP contribution in [0.1, 0.15) is 49.4 Å². The highest BCUT2D eigenvalue weighted by atomic mass is 35.5. The van der Waals surface area contributed by atoms with E-state index in [1.165, 1.54) is 4.68 Å². The first-order chi connectivity index (χ1) is 10.6. The van der Waals surface area contributed by atoms with Crippen LogP contribution < -0.4 is 5.32 Å². The lowest BCUT2D eigenvalue weighted by Gasteiger charge is -2.12. The average Bonchev–Trinajstić information content (AvgIpc) is 3.05. The second kappa shape index (κ2) is 6.50. The Balaban J connectivity index is 1.65. The number of nitrogens with zero attached hydrogens (tertiary/aromatic N) is 2. The van der Waals surface area contributed by atoms with Crippen LogP contribution in [0.5, 0.6) is 0 Å². The Hall–Kier alpha value is -1.21. The maximum atomic E-state index is 12.9. The number of amides is 1. The fraction of sp³-hybridized carbons (Fsp3) is 0.714. The van der Waals surface area contributed by atoms with Crippen LogP contribution in [-0.4, -0.2) is 34.9 Å². The summed E-state index contributed by atoms with van der Waals surface area (Å²) >= 11 is 6.01. The molecule has 2 aliphatic rings. The molecule has 8 heteroatoms. The van der Waals surface area contributed by atoms with Gasteiger partial charge >= 0.3 is 0 Å². The van der Waals surface area contributed by atoms with Crippen LogP contribution in [0.15, 0.2) is 0 Å². The Labute approximate surface area is 132 Å². The van der Waals surface area contributed by atoms with Crippen LogP contribution in [-0.2, 0) is 16.1 Å². The quantitative estimate of drug-likeness (QED) is 0.870. The number of halogens is 3. The van der Waals surface area contributed by atoms with Gasteiger partial charge in [-0.3, -0.25) is 9.48 Å². The number of rotatable bonds is 6. The van der Waals surface area contributed by atoms with Crippen LogP contribution in [0.3, 0.4) is 0 Å². The molecule has 1 amide bonds. The predicted octanol–water partition coefficient (Wildman–Crippen LogP) is 2.65. The van der Waals surface area contributed by atoms with Crippen molar-refractivity contribution in [2.24, 2.45) is 0 Å². The Morgan fingerprint density at radius 1 is 1.45 bits per heavy atom. The number of nitrogens with one attached hydrogen (secondary N) is 1. The van der Waals surface area contributed by atoms with Gasteiger partial charge in [0.15, 0.2) is 0 Å². The van der Waals surface area contributed by atoms with Gasteiger partial charge in [-0.15, -0.1) is 0 Å². The lowest BCUT2D eigenvalue weighted by molar-refractivity contribution is -0.122. The molecule has 0 spiro atoms. The third-order valence-electron chi connectivity index (χ3n) is 3.97. The van der Waals surface area contributed by atoms with E-state index in [-0.39, 0.29) is 29.5 Å². The van der Waals surface area contributed by atoms with Gasteiger partial charge in [0.2, 0.25) is 5.91 Å². The summed E-state index contributed by atoms with van der Waals surface area (Å²) in [6, 6.07) is 0. The van der Waals surface area contributed by atoms with E-state index in [9.17, 15) is 13.6 Å². The fourth-order valence-electron chi connectivity index (χ4n) is 2.70. The highest BCUT2D eigenvalue weighted by Crippen LogP contribution is 2.45. The molecule has 0 bridgehead atoms. The topological polar surface area (TPSA) is 56.2 Å². The molecule has 5 nitrogen and oxygen atoms in total. The molecule has 1 aromatic rings. The molecule has 22 heavy (non-hydrogen) atoms. The van der Waals surface area contributed by atoms with Crippen molar-refractivity contribution in [1.29, 1.82) is 0 Å². The van der Waals surface area contributed by atoms with E-state index in [2.05, 4.69) is 10.4 Å². The van der Waals surface area contributed by atoms with Crippen LogP contribution in [0.25, 0.3) is 0 Å². The van der Waals surface area contributed by atoms with Crippen molar-refractivity contribution in [3.63, 3.8) is 0 Å². The molecule has 2 fully saturated rings. The van der Waals surface area contributed by atoms with Gasteiger partial charge in [0.05, 0.1) is 16.8 Å². The molecule has 1 aliphatic carbocycles. The van der Waals surface area contributed by atoms with Crippen molar-refractivity contribution < 1.29 is 18.3 Å². The monoisotopic (exact) mass is 333 g/mol. The lowest BCUT2D eigenvalue weighted by Crippen LogP contribution is -2.34. The van der Waals surface area contributed by atoms with E-state index < -0.39 is 12.1 Å². The second-order valence-corrected chi connectivity index (χ2v) is 6.13. The van der Waals surface area contributed by atoms with Crippen LogP contribution >= 0.6 is 11.6 Å². The second-order valence-electron chi connectivity index (χ2n) is 5.76. The molecule has 0 radical (unpaired) electrons. The molecule has 1 saturated heterocycles. The van der Waals surface area contributed by atoms with Crippen molar-refractivity contribution in [1.82, 2.24) is 15.1 Å². The van der Waals surface area contributed by atoms with Crippen LogP contribution in [0.4, 0.5) is 8.78 Å². The molecular formula is C14H18ClF2N3O2. The summed E-state index contributed by atoms with van der Waals surface area (Å²) in [7, 11) is 0. The Morgan fingerprint density at radius 2 is 2.23 bits per heavy atom. The Morgan fingerprint density at radius 3 is 2.82 bits per heavy atom. The van der Waals surface area contributed by atoms with Crippen molar-refractivity contribution in [3.8, 4) is 0 Å². The van der Waals surface area contributed by atoms with Crippen molar-refractivity contribution >= 4 is 17.5 Å². The maximum Gasteiger partial charge on any atom is 0.283 e. The van der Waals surface area contributed by atoms with Crippen molar-refractivity contribution in [3.05, 3.63) is 16.4 Å². The van der Waals surface area contributed by atoms with E-state index in [0.29, 0.717) is 12.2 Å². The molecule has 122 valence electrons. The maximum absolute atomic E-state index is 12.9. The third kappa shape index (κ3) is 3.41. The Kier molecular flexibility index (Phi) is 4.63. The number of ether oxygens (including phenoxy) is 1. The highest BCUT2D eigenvalue weighted by molar-refractivity contribution is 6.32. The average molecular weight is 334 g/mol. The standard InChI is InChI=1S/C14H18ClF2N3O2/c15-11-12(14(16)17)19-20(13(11)8-3-4-8)7-10(21)18-6-9-2-1-5-22-9/h8-9,14H,1-7H2,(H,18,21). The molecule has 1 atom stereocenters. The minimum Gasteiger partial charge on any atom is -0.376 e. The van der Waals surface area contributed by atoms with E-state index in [0.717, 1.165) is 32.3 Å². The molecular weight excluding hydrogens is 316 g/mol. The van der Waals surface area contributed by atoms with Crippen molar-refractivity contribution in [2.75, 3.05) is 13.2 Å². The molecule has 1 N–H and O–H groups in total. The van der Waals surface area contributed by atoms with E-state index in [4.69, 9.17) is 16.3 Å². The number of hydrogen-bond acceptors (Lipinski definition) is 3. The summed E-state index contributed by atoms with van der Waals surface area (Å²) in [5.41, 5.74) is 0.125. The van der Waals surface area contributed by atoms with Gasteiger partial charge in [0.1, 0.15) is 12.2 Å². The summed E-state index contributed by atoms with van der Waals surface area (Å²) in [4.78, 5) is 12.0. The van der Waals surface area contributed by atoms with Gasteiger partial charge in [-0.25, -0.2) is 8.78 Å². The number of aromatic nitrogens is 2. The summed E-state index contributed by atoms with van der Waals surface area (Å²) < 4.78 is 32.6. The lowest BCUT2D eigenvalue weighted by atomic mass is 10.2. The summed E-state index contributed by atoms with van der Waals surface area (Å²) in [5, 5.41) is 6.60. The number of carbonyl (C=O) groups is 1. The summed E-state index contributed by atoms with van der Waals surface area (Å²) in [6.07, 6.45) is 1.03. The molecule has 1 saturated carbocycles. The zero-order chi connectivity index (χ0) is 15.7. The van der Waals surface area contributed by atoms with E-state index in [1.807, 2.05) is 0 Å². The molecule has 1 aromatic heterocycles. The molecule has 0 aromatic carbocycles. The van der Waals surface area contributed by atoms with Crippen LogP contribution in [0, 0.1) is 0 Å². The van der Waals surface area contributed by atoms with Gasteiger partial charge in [0, 0.05) is 19.1 Å². The molecule has 2 heterocycles. The molecule has 3 rings (SSSR count). The zero-order valence-corrected chi connectivity index (χ0v) is 12.8. The SMILES string of the molecule is O=C(Cn1nc(C(F)F)c(Cl)c1C1CC1)NCC1CCCO1. The molecule has 1 aliphatic heterocycles. The smallest absolute Gasteiger partial charge is 0.283 e. The first kappa shape index (κ1) is 15.7. The fourth-order valence-corrected chi connectivity index (χ4v) is 3.08. The minimum absolute atomic E-state index is 0.00410. The minimum atomic E-state index is -2.73. The normalized spacial score (nSPS) is 21.5. The summed E-state index contributed by atoms with van der Waals surface area (Å²) in [6.45, 7) is 1.07. The first-order valence-corrected chi connectivity index (χ1v) is 7.86. The summed E-state index contributed by atoms with van der Waals surface area (Å²) in [5.74, 6) is -0.129.